The van der Waals surface area contributed by atoms with Gasteiger partial charge in [0.05, 0.1) is 30.0 Å². The van der Waals surface area contributed by atoms with Crippen molar-refractivity contribution < 1.29 is 43.5 Å². The molecule has 14 atom stereocenters. The predicted molar refractivity (Wildman–Crippen MR) is 165 cm³/mol. The monoisotopic (exact) mass is 632 g/mol. The van der Waals surface area contributed by atoms with Crippen LogP contribution in [-0.2, 0) is 33.3 Å². The number of carbonyl (C=O) groups is 3. The van der Waals surface area contributed by atoms with Crippen LogP contribution in [0, 0.1) is 50.7 Å². The van der Waals surface area contributed by atoms with Gasteiger partial charge in [-0.2, -0.15) is 0 Å². The minimum Gasteiger partial charge on any atom is -0.457 e. The molecule has 2 spiro atoms. The zero-order valence-electron chi connectivity index (χ0n) is 28.5. The first-order chi connectivity index (χ1) is 20.9. The Morgan fingerprint density at radius 1 is 1.04 bits per heavy atom. The summed E-state index contributed by atoms with van der Waals surface area (Å²) in [6.07, 6.45) is 5.71. The Morgan fingerprint density at radius 2 is 1.71 bits per heavy atom. The lowest BCUT2D eigenvalue weighted by Crippen LogP contribution is -2.60. The minimum absolute atomic E-state index is 0.109. The van der Waals surface area contributed by atoms with Crippen LogP contribution in [-0.4, -0.2) is 77.8 Å². The summed E-state index contributed by atoms with van der Waals surface area (Å²) >= 11 is 0. The first kappa shape index (κ1) is 33.5. The van der Waals surface area contributed by atoms with Crippen LogP contribution in [0.2, 0.25) is 0 Å². The van der Waals surface area contributed by atoms with Crippen LogP contribution in [0.3, 0.4) is 0 Å². The van der Waals surface area contributed by atoms with Gasteiger partial charge in [0.15, 0.2) is 12.4 Å². The van der Waals surface area contributed by atoms with Crippen molar-refractivity contribution in [1.29, 1.82) is 0 Å². The summed E-state index contributed by atoms with van der Waals surface area (Å²) in [6.45, 7) is 16.1. The molecule has 0 aromatic rings. The van der Waals surface area contributed by atoms with Gasteiger partial charge in [0.25, 0.3) is 0 Å². The largest absolute Gasteiger partial charge is 0.457 e. The van der Waals surface area contributed by atoms with Gasteiger partial charge in [-0.05, 0) is 111 Å². The summed E-state index contributed by atoms with van der Waals surface area (Å²) in [4.78, 5) is 34.6. The zero-order chi connectivity index (χ0) is 33.0. The van der Waals surface area contributed by atoms with Gasteiger partial charge in [-0.1, -0.05) is 34.6 Å². The Hall–Kier alpha value is -1.39. The molecule has 9 nitrogen and oxygen atoms in total. The van der Waals surface area contributed by atoms with Crippen molar-refractivity contribution in [3.05, 3.63) is 0 Å². The van der Waals surface area contributed by atoms with Gasteiger partial charge in [-0.25, -0.2) is 0 Å². The van der Waals surface area contributed by atoms with Gasteiger partial charge in [-0.15, -0.1) is 0 Å². The molecule has 6 aliphatic rings. The topological polar surface area (TPSA) is 129 Å². The molecule has 2 N–H and O–H groups in total. The number of aldehydes is 2. The fraction of sp³-hybridized carbons (Fsp3) is 0.917. The van der Waals surface area contributed by atoms with Gasteiger partial charge < -0.3 is 34.0 Å². The fourth-order valence-electron chi connectivity index (χ4n) is 13.0. The van der Waals surface area contributed by atoms with E-state index >= 15 is 0 Å². The van der Waals surface area contributed by atoms with Crippen molar-refractivity contribution in [2.75, 3.05) is 6.61 Å². The smallest absolute Gasteiger partial charge is 0.303 e. The number of esters is 1. The highest BCUT2D eigenvalue weighted by Gasteiger charge is 2.84. The van der Waals surface area contributed by atoms with Crippen molar-refractivity contribution >= 4 is 18.5 Å². The molecule has 254 valence electrons. The second-order valence-electron chi connectivity index (χ2n) is 17.4. The number of fused-ring (bicyclic) bond motifs is 4. The molecule has 1 saturated heterocycles. The summed E-state index contributed by atoms with van der Waals surface area (Å²) in [5.74, 6) is 0.748. The van der Waals surface area contributed by atoms with Crippen LogP contribution in [0.15, 0.2) is 0 Å². The van der Waals surface area contributed by atoms with Crippen LogP contribution in [0.4, 0.5) is 0 Å². The first-order valence-corrected chi connectivity index (χ1v) is 17.3. The molecule has 5 aliphatic carbocycles. The number of rotatable bonds is 9. The van der Waals surface area contributed by atoms with E-state index in [2.05, 4.69) is 34.6 Å². The Morgan fingerprint density at radius 3 is 2.33 bits per heavy atom. The van der Waals surface area contributed by atoms with Gasteiger partial charge in [0.2, 0.25) is 6.29 Å². The molecule has 1 aliphatic heterocycles. The average Bonchev–Trinajstić information content (AvgIpc) is 3.59. The van der Waals surface area contributed by atoms with E-state index in [1.807, 2.05) is 0 Å². The molecular formula is C36H56O9. The molecule has 0 aromatic carbocycles. The van der Waals surface area contributed by atoms with E-state index in [-0.39, 0.29) is 57.7 Å². The average molecular weight is 633 g/mol. The summed E-state index contributed by atoms with van der Waals surface area (Å²) in [7, 11) is 0. The lowest BCUT2D eigenvalue weighted by atomic mass is 9.41. The number of aliphatic hydroxyl groups is 2. The highest BCUT2D eigenvalue weighted by atomic mass is 16.7. The van der Waals surface area contributed by atoms with Crippen molar-refractivity contribution in [1.82, 2.24) is 0 Å². The van der Waals surface area contributed by atoms with E-state index in [1.54, 1.807) is 13.8 Å². The summed E-state index contributed by atoms with van der Waals surface area (Å²) in [5.41, 5.74) is -1.55. The summed E-state index contributed by atoms with van der Waals surface area (Å²) in [6, 6.07) is 0. The van der Waals surface area contributed by atoms with Gasteiger partial charge in [-0.3, -0.25) is 9.59 Å². The van der Waals surface area contributed by atoms with Crippen LogP contribution < -0.4 is 0 Å². The van der Waals surface area contributed by atoms with Gasteiger partial charge in [0.1, 0.15) is 12.9 Å². The van der Waals surface area contributed by atoms with Crippen molar-refractivity contribution in [3.63, 3.8) is 0 Å². The standard InChI is InChI=1S/C36H56O9/c1-20-17-22(30(32(5,6)41)43-21(2)39)44-28-27(20)33(7)13-14-36-19-35(36)12-11-25(45-26(18-38)42-16-15-37)31(3,4)23(35)9-10-24(36)34(33,8)29(28)40/h15,18,20,22-30,40-41H,9-14,16-17,19H2,1-8H3/t20-,22?,23+,24+,25+,26+,27?,28?,29+,30+,33-,34-,35-,36?/m1/s1. The Kier molecular flexibility index (Phi) is 8.05. The first-order valence-electron chi connectivity index (χ1n) is 17.3. The molecule has 45 heavy (non-hydrogen) atoms. The van der Waals surface area contributed by atoms with Gasteiger partial charge in [0, 0.05) is 12.3 Å². The van der Waals surface area contributed by atoms with Crippen LogP contribution >= 0.6 is 0 Å². The minimum atomic E-state index is -1.28. The molecule has 1 heterocycles. The predicted octanol–water partition coefficient (Wildman–Crippen LogP) is 4.63. The van der Waals surface area contributed by atoms with E-state index in [0.29, 0.717) is 30.8 Å². The third kappa shape index (κ3) is 4.53. The van der Waals surface area contributed by atoms with E-state index in [1.165, 1.54) is 13.3 Å². The van der Waals surface area contributed by atoms with E-state index in [9.17, 15) is 24.6 Å². The normalized spacial score (nSPS) is 49.2. The quantitative estimate of drug-likeness (QED) is 0.212. The Balaban J connectivity index is 1.27. The molecule has 9 heteroatoms. The van der Waals surface area contributed by atoms with E-state index < -0.39 is 36.2 Å². The fourth-order valence-corrected chi connectivity index (χ4v) is 13.0. The van der Waals surface area contributed by atoms with Crippen molar-refractivity contribution in [2.45, 2.75) is 149 Å². The maximum absolute atomic E-state index is 12.5. The highest BCUT2D eigenvalue weighted by Crippen LogP contribution is 2.89. The second kappa shape index (κ2) is 10.8. The maximum Gasteiger partial charge on any atom is 0.303 e. The molecule has 0 bridgehead atoms. The van der Waals surface area contributed by atoms with Crippen LogP contribution in [0.5, 0.6) is 0 Å². The molecule has 0 aromatic heterocycles. The molecule has 6 fully saturated rings. The third-order valence-corrected chi connectivity index (χ3v) is 14.8. The highest BCUT2D eigenvalue weighted by molar-refractivity contribution is 5.66. The van der Waals surface area contributed by atoms with Crippen LogP contribution in [0.1, 0.15) is 107 Å². The second-order valence-corrected chi connectivity index (χ2v) is 17.4. The van der Waals surface area contributed by atoms with Crippen LogP contribution in [0.25, 0.3) is 0 Å². The number of carbonyl (C=O) groups excluding carboxylic acids is 3. The number of aliphatic hydroxyl groups excluding tert-OH is 1. The molecule has 0 amide bonds. The molecule has 6 rings (SSSR count). The molecular weight excluding hydrogens is 576 g/mol. The third-order valence-electron chi connectivity index (χ3n) is 14.8. The lowest BCUT2D eigenvalue weighted by Gasteiger charge is -2.63. The van der Waals surface area contributed by atoms with Gasteiger partial charge >= 0.3 is 5.97 Å². The number of hydrogen-bond donors (Lipinski definition) is 2. The van der Waals surface area contributed by atoms with E-state index in [4.69, 9.17) is 18.9 Å². The Labute approximate surface area is 268 Å². The van der Waals surface area contributed by atoms with Crippen molar-refractivity contribution in [2.24, 2.45) is 50.7 Å². The number of hydrogen-bond acceptors (Lipinski definition) is 9. The Bertz CT molecular complexity index is 1200. The maximum atomic E-state index is 12.5. The molecule has 5 saturated carbocycles. The van der Waals surface area contributed by atoms with Crippen molar-refractivity contribution in [3.8, 4) is 0 Å². The molecule has 0 radical (unpaired) electrons. The SMILES string of the molecule is CC(=O)O[C@@H](C1C[C@@H](C)C2C(O1)[C@H](O)[C@@]1(C)[C@@H]3CC[C@H]4C(C)(C)[C@@H](O[C@@H](C=O)OCC=O)CC[C@@]45CC35CC[C@]21C)C(C)(C)O. The lowest BCUT2D eigenvalue weighted by molar-refractivity contribution is -0.224. The summed E-state index contributed by atoms with van der Waals surface area (Å²) < 4.78 is 24.0. The number of ether oxygens (including phenoxy) is 4. The summed E-state index contributed by atoms with van der Waals surface area (Å²) in [5, 5.41) is 23.4. The van der Waals surface area contributed by atoms with E-state index in [0.717, 1.165) is 38.5 Å². The molecule has 4 unspecified atom stereocenters. The zero-order valence-corrected chi connectivity index (χ0v) is 28.5.